The fourth-order valence-corrected chi connectivity index (χ4v) is 2.38. The third-order valence-corrected chi connectivity index (χ3v) is 3.86. The van der Waals surface area contributed by atoms with Crippen molar-refractivity contribution >= 4 is 12.4 Å². The number of ether oxygens (including phenoxy) is 2. The molecule has 2 aromatic carbocycles. The lowest BCUT2D eigenvalue weighted by molar-refractivity contribution is -0.131. The monoisotopic (exact) mass is 403 g/mol. The highest BCUT2D eigenvalue weighted by molar-refractivity contribution is 5.79. The summed E-state index contributed by atoms with van der Waals surface area (Å²) in [4.78, 5) is 18.9. The van der Waals surface area contributed by atoms with E-state index in [1.54, 1.807) is 13.0 Å². The summed E-state index contributed by atoms with van der Waals surface area (Å²) in [6, 6.07) is 15.0. The smallest absolute Gasteiger partial charge is 0.331 e. The summed E-state index contributed by atoms with van der Waals surface area (Å²) in [6.45, 7) is 2.56. The summed E-state index contributed by atoms with van der Waals surface area (Å²) in [7, 11) is 0. The van der Waals surface area contributed by atoms with Crippen molar-refractivity contribution in [2.45, 2.75) is 32.3 Å². The van der Waals surface area contributed by atoms with Gasteiger partial charge in [0.2, 0.25) is 0 Å². The first-order chi connectivity index (χ1) is 14.0. The number of hydrogen-bond acceptors (Lipinski definition) is 5. The lowest BCUT2D eigenvalue weighted by atomic mass is 10.0. The Morgan fingerprint density at radius 2 is 1.93 bits per heavy atom. The van der Waals surface area contributed by atoms with Crippen LogP contribution in [0.4, 0.5) is 4.39 Å². The molecule has 0 radical (unpaired) electrons. The molecule has 1 unspecified atom stereocenters. The van der Waals surface area contributed by atoms with E-state index >= 15 is 0 Å². The van der Waals surface area contributed by atoms with Crippen molar-refractivity contribution in [2.75, 3.05) is 6.54 Å². The van der Waals surface area contributed by atoms with E-state index in [1.165, 1.54) is 6.07 Å². The molecule has 0 aliphatic carbocycles. The molecule has 0 aromatic heterocycles. The van der Waals surface area contributed by atoms with Crippen LogP contribution in [0.15, 0.2) is 60.9 Å². The maximum Gasteiger partial charge on any atom is 0.331 e. The van der Waals surface area contributed by atoms with Gasteiger partial charge in [-0.2, -0.15) is 0 Å². The quantitative estimate of drug-likeness (QED) is 0.268. The average Bonchev–Trinajstić information content (AvgIpc) is 2.71. The van der Waals surface area contributed by atoms with Crippen LogP contribution in [0.5, 0.6) is 5.75 Å². The van der Waals surface area contributed by atoms with Crippen molar-refractivity contribution in [2.24, 2.45) is 5.73 Å². The van der Waals surface area contributed by atoms with E-state index in [4.69, 9.17) is 15.6 Å². The molecule has 29 heavy (non-hydrogen) atoms. The van der Waals surface area contributed by atoms with Crippen molar-refractivity contribution in [3.05, 3.63) is 77.8 Å². The lowest BCUT2D eigenvalue weighted by Gasteiger charge is -2.20. The molecular weight excluding hydrogens is 377 g/mol. The van der Waals surface area contributed by atoms with Crippen molar-refractivity contribution in [3.8, 4) is 5.75 Å². The van der Waals surface area contributed by atoms with Crippen LogP contribution in [0.25, 0.3) is 0 Å². The van der Waals surface area contributed by atoms with Crippen LogP contribution in [-0.2, 0) is 14.3 Å². The molecule has 0 aliphatic heterocycles. The number of unbranched alkanes of at least 4 members (excludes halogenated alkanes) is 1. The Morgan fingerprint density at radius 1 is 1.21 bits per heavy atom. The number of carbonyl (C=O) groups is 2. The van der Waals surface area contributed by atoms with Gasteiger partial charge < -0.3 is 20.3 Å². The predicted molar refractivity (Wildman–Crippen MR) is 108 cm³/mol. The van der Waals surface area contributed by atoms with Gasteiger partial charge in [-0.3, -0.25) is 4.79 Å². The molecule has 3 N–H and O–H groups in total. The Bertz CT molecular complexity index is 780. The van der Waals surface area contributed by atoms with Crippen LogP contribution in [-0.4, -0.2) is 24.1 Å². The number of nitrogens with two attached hydrogens (primary N) is 1. The number of aryl methyl sites for hydroxylation is 1. The van der Waals surface area contributed by atoms with Gasteiger partial charge in [-0.15, -0.1) is 0 Å². The summed E-state index contributed by atoms with van der Waals surface area (Å²) in [5.41, 5.74) is 7.29. The van der Waals surface area contributed by atoms with Gasteiger partial charge in [0.1, 0.15) is 23.9 Å². The number of hydrogen-bond donors (Lipinski definition) is 2. The Labute approximate surface area is 169 Å². The standard InChI is InChI=1S/C18H22FNO.C4H4O4/c1-14-10-11-16(13-17(14)19)21-18(9-5-6-12-20)15-7-3-2-4-8-15;5-3-8-2-1-4(6)7/h2-4,7-8,10-11,13,18H,5-6,9,12,20H2,1H3;1-3H,(H,6,7)/b;2-1+. The fourth-order valence-electron chi connectivity index (χ4n) is 2.38. The molecule has 1 atom stereocenters. The Morgan fingerprint density at radius 3 is 2.52 bits per heavy atom. The van der Waals surface area contributed by atoms with Crippen LogP contribution >= 0.6 is 0 Å². The first-order valence-electron chi connectivity index (χ1n) is 9.14. The highest BCUT2D eigenvalue weighted by Crippen LogP contribution is 2.27. The summed E-state index contributed by atoms with van der Waals surface area (Å²) in [6.07, 6.45) is 4.26. The molecular formula is C22H26FNO5. The Hall–Kier alpha value is -3.19. The van der Waals surface area contributed by atoms with E-state index in [-0.39, 0.29) is 18.4 Å². The van der Waals surface area contributed by atoms with Crippen LogP contribution in [0.2, 0.25) is 0 Å². The second kappa shape index (κ2) is 13.9. The molecule has 0 fully saturated rings. The molecule has 0 saturated carbocycles. The number of carboxylic acids is 1. The topological polar surface area (TPSA) is 98.9 Å². The van der Waals surface area contributed by atoms with Gasteiger partial charge >= 0.3 is 5.97 Å². The number of aliphatic carboxylic acids is 1. The molecule has 156 valence electrons. The van der Waals surface area contributed by atoms with E-state index in [2.05, 4.69) is 4.74 Å². The van der Waals surface area contributed by atoms with Gasteiger partial charge in [0, 0.05) is 6.07 Å². The molecule has 7 heteroatoms. The van der Waals surface area contributed by atoms with E-state index in [0.717, 1.165) is 31.1 Å². The molecule has 0 amide bonds. The van der Waals surface area contributed by atoms with E-state index in [1.807, 2.05) is 36.4 Å². The Balaban J connectivity index is 0.000000447. The lowest BCUT2D eigenvalue weighted by Crippen LogP contribution is -2.09. The molecule has 0 aliphatic rings. The number of rotatable bonds is 10. The maximum atomic E-state index is 13.6. The van der Waals surface area contributed by atoms with Gasteiger partial charge in [-0.1, -0.05) is 36.4 Å². The van der Waals surface area contributed by atoms with Crippen molar-refractivity contribution in [1.29, 1.82) is 0 Å². The largest absolute Gasteiger partial charge is 0.486 e. The van der Waals surface area contributed by atoms with Gasteiger partial charge in [0.15, 0.2) is 0 Å². The minimum absolute atomic E-state index is 0.0696. The van der Waals surface area contributed by atoms with Crippen LogP contribution in [0.3, 0.4) is 0 Å². The zero-order valence-electron chi connectivity index (χ0n) is 16.3. The highest BCUT2D eigenvalue weighted by atomic mass is 19.1. The van der Waals surface area contributed by atoms with Gasteiger partial charge in [0.05, 0.1) is 6.08 Å². The molecule has 2 aromatic rings. The SMILES string of the molecule is Cc1ccc(OC(CCCCN)c2ccccc2)cc1F.O=CO/C=C/C(=O)O. The third-order valence-electron chi connectivity index (χ3n) is 3.86. The van der Waals surface area contributed by atoms with Crippen molar-refractivity contribution in [1.82, 2.24) is 0 Å². The van der Waals surface area contributed by atoms with E-state index in [0.29, 0.717) is 23.9 Å². The van der Waals surface area contributed by atoms with Gasteiger partial charge in [0.25, 0.3) is 6.47 Å². The zero-order chi connectivity index (χ0) is 21.5. The molecule has 0 saturated heterocycles. The summed E-state index contributed by atoms with van der Waals surface area (Å²) < 4.78 is 23.5. The minimum Gasteiger partial charge on any atom is -0.486 e. The van der Waals surface area contributed by atoms with Gasteiger partial charge in [-0.25, -0.2) is 9.18 Å². The van der Waals surface area contributed by atoms with E-state index in [9.17, 15) is 14.0 Å². The van der Waals surface area contributed by atoms with Crippen molar-refractivity contribution < 1.29 is 28.6 Å². The number of halogens is 1. The number of carboxylic acid groups (broad SMARTS) is 1. The van der Waals surface area contributed by atoms with Crippen LogP contribution < -0.4 is 10.5 Å². The molecule has 0 spiro atoms. The maximum absolute atomic E-state index is 13.6. The second-order valence-corrected chi connectivity index (χ2v) is 6.09. The normalized spacial score (nSPS) is 11.3. The summed E-state index contributed by atoms with van der Waals surface area (Å²) >= 11 is 0. The van der Waals surface area contributed by atoms with E-state index < -0.39 is 5.97 Å². The highest BCUT2D eigenvalue weighted by Gasteiger charge is 2.13. The minimum atomic E-state index is -1.15. The molecule has 0 heterocycles. The van der Waals surface area contributed by atoms with Crippen molar-refractivity contribution in [3.63, 3.8) is 0 Å². The third kappa shape index (κ3) is 10.1. The molecule has 2 rings (SSSR count). The predicted octanol–water partition coefficient (Wildman–Crippen LogP) is 4.14. The zero-order valence-corrected chi connectivity index (χ0v) is 16.3. The van der Waals surface area contributed by atoms with Crippen LogP contribution in [0.1, 0.15) is 36.5 Å². The first-order valence-corrected chi connectivity index (χ1v) is 9.14. The number of benzene rings is 2. The fraction of sp³-hybridized carbons (Fsp3) is 0.273. The molecule has 0 bridgehead atoms. The first kappa shape index (κ1) is 23.8. The Kier molecular flexibility index (Phi) is 11.4. The second-order valence-electron chi connectivity index (χ2n) is 6.09. The van der Waals surface area contributed by atoms with Gasteiger partial charge in [-0.05, 0) is 49.9 Å². The summed E-state index contributed by atoms with van der Waals surface area (Å²) in [5, 5.41) is 7.86. The average molecular weight is 403 g/mol. The van der Waals surface area contributed by atoms with Crippen LogP contribution in [0, 0.1) is 12.7 Å². The number of carbonyl (C=O) groups excluding carboxylic acids is 1. The summed E-state index contributed by atoms with van der Waals surface area (Å²) in [5.74, 6) is -0.812. The molecule has 6 nitrogen and oxygen atoms in total.